The van der Waals surface area contributed by atoms with E-state index in [9.17, 15) is 9.18 Å². The third-order valence-electron chi connectivity index (χ3n) is 4.72. The Morgan fingerprint density at radius 1 is 0.939 bits per heavy atom. The fourth-order valence-corrected chi connectivity index (χ4v) is 3.20. The molecule has 3 aromatic carbocycles. The quantitative estimate of drug-likeness (QED) is 0.460. The van der Waals surface area contributed by atoms with Crippen molar-refractivity contribution in [3.63, 3.8) is 0 Å². The maximum Gasteiger partial charge on any atom is 0.259 e. The van der Waals surface area contributed by atoms with Gasteiger partial charge in [0.25, 0.3) is 5.91 Å². The highest BCUT2D eigenvalue weighted by Crippen LogP contribution is 2.48. The second-order valence-corrected chi connectivity index (χ2v) is 6.74. The van der Waals surface area contributed by atoms with Crippen molar-refractivity contribution in [2.45, 2.75) is 6.42 Å². The minimum atomic E-state index is -0.601. The van der Waals surface area contributed by atoms with Gasteiger partial charge in [0.15, 0.2) is 11.5 Å². The highest BCUT2D eigenvalue weighted by atomic mass is 35.5. The van der Waals surface area contributed by atoms with Crippen molar-refractivity contribution in [2.75, 3.05) is 33.2 Å². The van der Waals surface area contributed by atoms with Crippen molar-refractivity contribution < 1.29 is 28.1 Å². The number of nitrogens with two attached hydrogens (primary N) is 1. The first-order valence-electron chi connectivity index (χ1n) is 9.88. The minimum absolute atomic E-state index is 0. The summed E-state index contributed by atoms with van der Waals surface area (Å²) >= 11 is 0. The lowest BCUT2D eigenvalue weighted by atomic mass is 10.1. The number of ether oxygens (including phenoxy) is 4. The number of nitrogens with one attached hydrogen (secondary N) is 1. The number of hydrogen-bond acceptors (Lipinski definition) is 6. The van der Waals surface area contributed by atoms with Gasteiger partial charge in [0.1, 0.15) is 11.6 Å². The summed E-state index contributed by atoms with van der Waals surface area (Å²) in [5.41, 5.74) is 6.79. The average Bonchev–Trinajstić information content (AvgIpc) is 2.81. The van der Waals surface area contributed by atoms with Crippen LogP contribution < -0.4 is 30.0 Å². The highest BCUT2D eigenvalue weighted by Gasteiger charge is 2.26. The molecule has 0 unspecified atom stereocenters. The summed E-state index contributed by atoms with van der Waals surface area (Å²) in [6.45, 7) is 0.546. The Morgan fingerprint density at radius 3 is 2.15 bits per heavy atom. The molecule has 0 bridgehead atoms. The van der Waals surface area contributed by atoms with Crippen LogP contribution in [0.15, 0.2) is 54.6 Å². The van der Waals surface area contributed by atoms with Crippen molar-refractivity contribution in [1.82, 2.24) is 0 Å². The van der Waals surface area contributed by atoms with Crippen LogP contribution in [0.5, 0.6) is 28.7 Å². The lowest BCUT2D eigenvalue weighted by Crippen LogP contribution is -2.15. The summed E-state index contributed by atoms with van der Waals surface area (Å²) in [6, 6.07) is 14.7. The molecular formula is C24H26ClFN2O5. The van der Waals surface area contributed by atoms with Crippen LogP contribution in [0.2, 0.25) is 0 Å². The molecular weight excluding hydrogens is 451 g/mol. The van der Waals surface area contributed by atoms with Crippen LogP contribution >= 0.6 is 12.4 Å². The second-order valence-electron chi connectivity index (χ2n) is 6.74. The molecule has 0 aliphatic carbocycles. The Bertz CT molecular complexity index is 1090. The molecule has 0 fully saturated rings. The number of benzene rings is 3. The van der Waals surface area contributed by atoms with Gasteiger partial charge in [0.05, 0.1) is 32.6 Å². The molecule has 33 heavy (non-hydrogen) atoms. The van der Waals surface area contributed by atoms with Gasteiger partial charge in [-0.15, -0.1) is 12.4 Å². The van der Waals surface area contributed by atoms with Crippen molar-refractivity contribution in [3.05, 3.63) is 71.5 Å². The molecule has 0 heterocycles. The molecule has 0 aliphatic rings. The first kappa shape index (κ1) is 25.8. The molecule has 1 amide bonds. The second kappa shape index (κ2) is 11.9. The lowest BCUT2D eigenvalue weighted by molar-refractivity contribution is 0.102. The molecule has 0 aliphatic heterocycles. The van der Waals surface area contributed by atoms with E-state index in [1.807, 2.05) is 12.1 Å². The summed E-state index contributed by atoms with van der Waals surface area (Å²) in [4.78, 5) is 13.0. The zero-order valence-corrected chi connectivity index (χ0v) is 19.3. The van der Waals surface area contributed by atoms with Crippen LogP contribution in [0.25, 0.3) is 0 Å². The van der Waals surface area contributed by atoms with Gasteiger partial charge in [-0.2, -0.15) is 0 Å². The largest absolute Gasteiger partial charge is 0.492 e. The van der Waals surface area contributed by atoms with Crippen molar-refractivity contribution >= 4 is 24.0 Å². The fraction of sp³-hybridized carbons (Fsp3) is 0.208. The van der Waals surface area contributed by atoms with Gasteiger partial charge >= 0.3 is 0 Å². The Morgan fingerprint density at radius 2 is 1.58 bits per heavy atom. The van der Waals surface area contributed by atoms with Crippen molar-refractivity contribution in [1.29, 1.82) is 0 Å². The number of para-hydroxylation sites is 1. The average molecular weight is 477 g/mol. The molecule has 0 atom stereocenters. The Balaban J connectivity index is 0.00000385. The minimum Gasteiger partial charge on any atom is -0.492 e. The van der Waals surface area contributed by atoms with E-state index >= 15 is 0 Å². The van der Waals surface area contributed by atoms with Crippen LogP contribution in [0, 0.1) is 5.82 Å². The maximum absolute atomic E-state index is 14.0. The number of rotatable bonds is 9. The smallest absolute Gasteiger partial charge is 0.259 e. The summed E-state index contributed by atoms with van der Waals surface area (Å²) < 4.78 is 36.4. The van der Waals surface area contributed by atoms with E-state index in [4.69, 9.17) is 24.7 Å². The maximum atomic E-state index is 14.0. The number of anilines is 1. The van der Waals surface area contributed by atoms with Gasteiger partial charge in [-0.1, -0.05) is 24.3 Å². The number of hydrogen-bond donors (Lipinski definition) is 2. The first-order chi connectivity index (χ1) is 15.5. The summed E-state index contributed by atoms with van der Waals surface area (Å²) in [6.07, 6.45) is 0.750. The molecule has 0 saturated carbocycles. The van der Waals surface area contributed by atoms with Gasteiger partial charge < -0.3 is 30.0 Å². The van der Waals surface area contributed by atoms with Crippen LogP contribution in [-0.2, 0) is 6.42 Å². The third kappa shape index (κ3) is 5.85. The molecule has 0 radical (unpaired) electrons. The number of carbonyl (C=O) groups is 1. The van der Waals surface area contributed by atoms with Crippen LogP contribution in [0.3, 0.4) is 0 Å². The molecule has 7 nitrogen and oxygen atoms in total. The Hall–Kier alpha value is -3.49. The third-order valence-corrected chi connectivity index (χ3v) is 4.72. The molecule has 0 saturated heterocycles. The van der Waals surface area contributed by atoms with E-state index in [1.54, 1.807) is 18.2 Å². The van der Waals surface area contributed by atoms with Gasteiger partial charge in [0, 0.05) is 6.07 Å². The van der Waals surface area contributed by atoms with Crippen LogP contribution in [0.4, 0.5) is 10.1 Å². The van der Waals surface area contributed by atoms with E-state index in [2.05, 4.69) is 5.32 Å². The molecule has 9 heteroatoms. The summed E-state index contributed by atoms with van der Waals surface area (Å²) in [5.74, 6) is 0.144. The number of methoxy groups -OCH3 is 3. The number of carbonyl (C=O) groups excluding carboxylic acids is 1. The predicted octanol–water partition coefficient (Wildman–Crippen LogP) is 4.82. The molecule has 176 valence electrons. The molecule has 0 aromatic heterocycles. The molecule has 3 N–H and O–H groups in total. The Labute approximate surface area is 198 Å². The van der Waals surface area contributed by atoms with Gasteiger partial charge in [-0.05, 0) is 42.8 Å². The topological polar surface area (TPSA) is 92.0 Å². The van der Waals surface area contributed by atoms with E-state index in [0.717, 1.165) is 12.0 Å². The normalized spacial score (nSPS) is 10.1. The van der Waals surface area contributed by atoms with E-state index in [0.29, 0.717) is 12.3 Å². The van der Waals surface area contributed by atoms with Crippen LogP contribution in [-0.4, -0.2) is 33.8 Å². The zero-order valence-electron chi connectivity index (χ0n) is 18.5. The number of halogens is 2. The molecule has 3 rings (SSSR count). The predicted molar refractivity (Wildman–Crippen MR) is 127 cm³/mol. The van der Waals surface area contributed by atoms with Crippen molar-refractivity contribution in [3.8, 4) is 28.7 Å². The van der Waals surface area contributed by atoms with Gasteiger partial charge in [-0.25, -0.2) is 4.39 Å². The van der Waals surface area contributed by atoms with E-state index in [1.165, 1.54) is 45.6 Å². The lowest BCUT2D eigenvalue weighted by Gasteiger charge is -2.19. The fourth-order valence-electron chi connectivity index (χ4n) is 3.20. The number of amides is 1. The standard InChI is InChI=1S/C24H25FN2O5.ClH/c1-29-21-17(24(28)27-19-7-5-4-6-18(19)25)14-20(22(30-2)23(21)31-3)32-16-10-8-15(9-11-16)12-13-26;/h4-11,14H,12-13,26H2,1-3H3,(H,27,28);1H. The SMILES string of the molecule is COc1c(Oc2ccc(CCN)cc2)cc(C(=O)Nc2ccccc2F)c(OC)c1OC.Cl. The first-order valence-corrected chi connectivity index (χ1v) is 9.88. The zero-order chi connectivity index (χ0) is 23.1. The van der Waals surface area contributed by atoms with Gasteiger partial charge in [0.2, 0.25) is 11.5 Å². The summed E-state index contributed by atoms with van der Waals surface area (Å²) in [7, 11) is 4.27. The van der Waals surface area contributed by atoms with Crippen molar-refractivity contribution in [2.24, 2.45) is 5.73 Å². The van der Waals surface area contributed by atoms with E-state index < -0.39 is 11.7 Å². The summed E-state index contributed by atoms with van der Waals surface area (Å²) in [5, 5.41) is 2.54. The molecule has 0 spiro atoms. The molecule has 3 aromatic rings. The van der Waals surface area contributed by atoms with Gasteiger partial charge in [-0.3, -0.25) is 4.79 Å². The van der Waals surface area contributed by atoms with Crippen LogP contribution in [0.1, 0.15) is 15.9 Å². The monoisotopic (exact) mass is 476 g/mol. The Kier molecular flexibility index (Phi) is 9.32. The highest BCUT2D eigenvalue weighted by molar-refractivity contribution is 6.07. The van der Waals surface area contributed by atoms with E-state index in [-0.39, 0.29) is 46.7 Å².